The number of hydrogen-bond donors (Lipinski definition) is 4. The van der Waals surface area contributed by atoms with Gasteiger partial charge in [0.15, 0.2) is 6.40 Å². The van der Waals surface area contributed by atoms with Gasteiger partial charge in [0.2, 0.25) is 11.8 Å². The van der Waals surface area contributed by atoms with E-state index in [9.17, 15) is 14.4 Å². The topological polar surface area (TPSA) is 132 Å². The van der Waals surface area contributed by atoms with Crippen LogP contribution in [0.1, 0.15) is 79.7 Å². The van der Waals surface area contributed by atoms with Gasteiger partial charge in [0.1, 0.15) is 17.9 Å². The molecule has 3 aliphatic rings. The Morgan fingerprint density at radius 3 is 2.43 bits per heavy atom. The number of carbonyl (C=O) groups excluding carboxylic acids is 3. The van der Waals surface area contributed by atoms with Crippen LogP contribution >= 0.6 is 11.3 Å². The number of piperidine rings is 1. The molecule has 0 saturated carbocycles. The lowest BCUT2D eigenvalue weighted by Crippen LogP contribution is -2.55. The van der Waals surface area contributed by atoms with Gasteiger partial charge in [-0.2, -0.15) is 0 Å². The smallest absolute Gasteiger partial charge is 0.245 e. The summed E-state index contributed by atoms with van der Waals surface area (Å²) >= 11 is 1.81. The molecule has 2 atom stereocenters. The molecule has 0 aliphatic carbocycles. The summed E-state index contributed by atoms with van der Waals surface area (Å²) in [5.41, 5.74) is 13.9. The Morgan fingerprint density at radius 1 is 0.955 bits per heavy atom. The number of likely N-dealkylation sites (tertiary alicyclic amines) is 1. The number of benzene rings is 4. The van der Waals surface area contributed by atoms with Gasteiger partial charge >= 0.3 is 0 Å². The summed E-state index contributed by atoms with van der Waals surface area (Å²) in [6.45, 7) is 11.4. The van der Waals surface area contributed by atoms with E-state index in [4.69, 9.17) is 4.74 Å². The van der Waals surface area contributed by atoms with Gasteiger partial charge in [-0.3, -0.25) is 9.59 Å². The number of ether oxygens (including phenoxy) is 1. The van der Waals surface area contributed by atoms with Crippen LogP contribution in [-0.2, 0) is 38.8 Å². The summed E-state index contributed by atoms with van der Waals surface area (Å²) in [6.07, 6.45) is 5.73. The van der Waals surface area contributed by atoms with Crippen molar-refractivity contribution in [2.24, 2.45) is 4.99 Å². The number of aldehydes is 1. The van der Waals surface area contributed by atoms with Crippen molar-refractivity contribution in [2.45, 2.75) is 90.1 Å². The molecule has 2 amide bonds. The highest BCUT2D eigenvalue weighted by Crippen LogP contribution is 2.36. The molecule has 4 aromatic carbocycles. The van der Waals surface area contributed by atoms with Crippen molar-refractivity contribution in [3.8, 4) is 10.4 Å². The van der Waals surface area contributed by atoms with Crippen LogP contribution in [0.5, 0.6) is 0 Å². The lowest BCUT2D eigenvalue weighted by Gasteiger charge is -2.41. The maximum atomic E-state index is 13.3. The summed E-state index contributed by atoms with van der Waals surface area (Å²) in [5.74, 6) is 0.171. The van der Waals surface area contributed by atoms with Crippen molar-refractivity contribution in [3.63, 3.8) is 0 Å². The number of amides is 2. The van der Waals surface area contributed by atoms with E-state index in [-0.39, 0.29) is 17.7 Å². The lowest BCUT2D eigenvalue weighted by atomic mass is 9.90. The molecule has 1 spiro atoms. The maximum absolute atomic E-state index is 13.3. The van der Waals surface area contributed by atoms with E-state index in [1.807, 2.05) is 65.7 Å². The van der Waals surface area contributed by atoms with E-state index in [0.29, 0.717) is 51.0 Å². The van der Waals surface area contributed by atoms with Gasteiger partial charge < -0.3 is 40.0 Å². The zero-order chi connectivity index (χ0) is 46.9. The quantitative estimate of drug-likeness (QED) is 0.0632. The normalized spacial score (nSPS) is 17.3. The number of nitrogens with one attached hydrogen (secondary N) is 4. The first-order chi connectivity index (χ1) is 32.6. The van der Waals surface area contributed by atoms with E-state index in [2.05, 4.69) is 124 Å². The van der Waals surface area contributed by atoms with Crippen LogP contribution in [0.4, 0.5) is 0 Å². The molecule has 350 valence electrons. The third kappa shape index (κ3) is 10.9. The molecule has 5 heterocycles. The second-order valence-electron chi connectivity index (χ2n) is 18.0. The van der Waals surface area contributed by atoms with Crippen LogP contribution in [0.25, 0.3) is 37.9 Å². The maximum Gasteiger partial charge on any atom is 0.245 e. The largest absolute Gasteiger partial charge is 0.475 e. The molecule has 0 radical (unpaired) electrons. The van der Waals surface area contributed by atoms with E-state index in [1.54, 1.807) is 0 Å². The van der Waals surface area contributed by atoms with Crippen LogP contribution in [-0.4, -0.2) is 90.9 Å². The number of rotatable bonds is 14. The molecule has 0 bridgehead atoms. The predicted molar refractivity (Wildman–Crippen MR) is 272 cm³/mol. The van der Waals surface area contributed by atoms with Crippen LogP contribution in [0.15, 0.2) is 113 Å². The van der Waals surface area contributed by atoms with E-state index >= 15 is 0 Å². The van der Waals surface area contributed by atoms with Crippen molar-refractivity contribution in [3.05, 3.63) is 136 Å². The summed E-state index contributed by atoms with van der Waals surface area (Å²) in [5, 5.41) is 16.4. The van der Waals surface area contributed by atoms with Crippen LogP contribution in [0, 0.1) is 6.92 Å². The second kappa shape index (κ2) is 21.7. The van der Waals surface area contributed by atoms with Crippen LogP contribution < -0.4 is 21.4 Å². The second-order valence-corrected chi connectivity index (χ2v) is 18.9. The summed E-state index contributed by atoms with van der Waals surface area (Å²) < 4.78 is 8.68. The average Bonchev–Trinajstić information content (AvgIpc) is 4.04. The van der Waals surface area contributed by atoms with Gasteiger partial charge in [0, 0.05) is 97.7 Å². The molecule has 2 aromatic heterocycles. The number of fused-ring (bicyclic) bond motifs is 4. The van der Waals surface area contributed by atoms with Gasteiger partial charge in [-0.1, -0.05) is 79.7 Å². The minimum Gasteiger partial charge on any atom is -0.475 e. The number of carbonyl (C=O) groups is 3. The fourth-order valence-corrected chi connectivity index (χ4v) is 10.4. The number of aliphatic imine (C=N–C) groups is 1. The van der Waals surface area contributed by atoms with Gasteiger partial charge in [-0.25, -0.2) is 10.4 Å². The Labute approximate surface area is 398 Å². The van der Waals surface area contributed by atoms with Crippen molar-refractivity contribution >= 4 is 63.3 Å². The Morgan fingerprint density at radius 2 is 1.72 bits per heavy atom. The van der Waals surface area contributed by atoms with E-state index in [0.717, 1.165) is 50.1 Å². The molecule has 6 aromatic rings. The lowest BCUT2D eigenvalue weighted by molar-refractivity contribution is -0.136. The molecule has 9 rings (SSSR count). The van der Waals surface area contributed by atoms with Gasteiger partial charge in [0.05, 0.1) is 17.9 Å². The fourth-order valence-electron chi connectivity index (χ4n) is 9.48. The van der Waals surface area contributed by atoms with Gasteiger partial charge in [0.25, 0.3) is 0 Å². The number of hydrogen-bond acceptors (Lipinski definition) is 10. The number of thiophene rings is 1. The zero-order valence-corrected chi connectivity index (χ0v) is 40.3. The highest BCUT2D eigenvalue weighted by atomic mass is 32.1. The summed E-state index contributed by atoms with van der Waals surface area (Å²) in [7, 11) is 3.81. The van der Waals surface area contributed by atoms with Gasteiger partial charge in [-0.05, 0) is 97.2 Å². The fraction of sp³-hybridized carbons (Fsp3) is 0.370. The molecular formula is C54H64N8O4S. The predicted octanol–water partition coefficient (Wildman–Crippen LogP) is 8.54. The number of hydrazine groups is 1. The summed E-state index contributed by atoms with van der Waals surface area (Å²) in [6, 6.07) is 33.6. The zero-order valence-electron chi connectivity index (χ0n) is 39.4. The Balaban J connectivity index is 0.000000192. The molecular weight excluding hydrogens is 857 g/mol. The van der Waals surface area contributed by atoms with Crippen LogP contribution in [0.2, 0.25) is 0 Å². The molecule has 12 nitrogen and oxygen atoms in total. The molecule has 1 saturated heterocycles. The third-order valence-electron chi connectivity index (χ3n) is 13.3. The molecule has 1 fully saturated rings. The molecule has 13 heteroatoms. The monoisotopic (exact) mass is 920 g/mol. The number of aryl methyl sites for hydroxylation is 2. The standard InChI is InChI=1S/C30H38N6O3.C24H26N2OS/c1-21(23-7-5-4-6-8-23)17-25(37)36-15-13-30(14-16-36)19-32-29(38)27-26(33-20-39-30)28(35(3)34-27)24-11-9-22(10-12-24)18-31-2;1-3-26-22-9-6-18(15-25-10-4-5-11-27)13-21(22)20-8-7-19(14-23(20)26)24-12-17(2)16-28-24/h4-12,20-21,27,31,34H,13-19H2,1-3H3,(H,32,38);6-9,11-14,16,25H,3-5,10,15H2,1-2H3/t21-,27?;/m1./s1. The van der Waals surface area contributed by atoms with Crippen molar-refractivity contribution in [1.29, 1.82) is 0 Å². The molecule has 4 N–H and O–H groups in total. The Hall–Kier alpha value is -6.12. The van der Waals surface area contributed by atoms with Crippen molar-refractivity contribution in [2.75, 3.05) is 40.3 Å². The minimum absolute atomic E-state index is 0.143. The SMILES string of the molecule is CCn1c2ccc(CNCCCC=O)cc2c2ccc(-c3cc(C)cs3)cc21.CNCc1ccc(C2=C3N=COC4(CCN(C(=O)C[C@@H](C)c5ccccc5)CC4)CNC(=O)C3NN2C)cc1. The first kappa shape index (κ1) is 47.4. The van der Waals surface area contributed by atoms with E-state index in [1.165, 1.54) is 60.9 Å². The highest BCUT2D eigenvalue weighted by Gasteiger charge is 2.42. The van der Waals surface area contributed by atoms with Crippen LogP contribution in [0.3, 0.4) is 0 Å². The highest BCUT2D eigenvalue weighted by molar-refractivity contribution is 7.13. The van der Waals surface area contributed by atoms with Crippen molar-refractivity contribution < 1.29 is 19.1 Å². The molecule has 1 unspecified atom stereocenters. The number of nitrogens with zero attached hydrogens (tertiary/aromatic N) is 4. The number of aromatic nitrogens is 1. The van der Waals surface area contributed by atoms with Crippen molar-refractivity contribution in [1.82, 2.24) is 35.9 Å². The number of unbranched alkanes of at least 4 members (excludes halogenated alkanes) is 1. The first-order valence-electron chi connectivity index (χ1n) is 23.6. The van der Waals surface area contributed by atoms with E-state index < -0.39 is 11.6 Å². The van der Waals surface area contributed by atoms with Gasteiger partial charge in [-0.15, -0.1) is 11.3 Å². The third-order valence-corrected chi connectivity index (χ3v) is 14.4. The summed E-state index contributed by atoms with van der Waals surface area (Å²) in [4.78, 5) is 44.7. The average molecular weight is 921 g/mol. The Bertz CT molecular complexity index is 2730. The minimum atomic E-state index is -0.613. The Kier molecular flexibility index (Phi) is 15.3. The molecule has 3 aliphatic heterocycles. The molecule has 67 heavy (non-hydrogen) atoms. The first-order valence-corrected chi connectivity index (χ1v) is 24.5.